The van der Waals surface area contributed by atoms with Crippen molar-refractivity contribution >= 4 is 68.3 Å². The van der Waals surface area contributed by atoms with E-state index in [1.54, 1.807) is 59.3 Å². The van der Waals surface area contributed by atoms with E-state index in [2.05, 4.69) is 20.9 Å². The van der Waals surface area contributed by atoms with Crippen LogP contribution in [0.5, 0.6) is 11.5 Å². The van der Waals surface area contributed by atoms with E-state index in [0.717, 1.165) is 70.9 Å². The van der Waals surface area contributed by atoms with Crippen molar-refractivity contribution in [1.29, 1.82) is 0 Å². The molecule has 0 aliphatic carbocycles. The molecular formula is C36H50N4O8S4. The molecule has 2 aromatic carbocycles. The van der Waals surface area contributed by atoms with Gasteiger partial charge in [0.25, 0.3) is 11.8 Å². The van der Waals surface area contributed by atoms with Gasteiger partial charge in [-0.3, -0.25) is 9.59 Å². The minimum Gasteiger partial charge on any atom is -0.496 e. The highest BCUT2D eigenvalue weighted by Gasteiger charge is 2.20. The number of oxime groups is 2. The number of carbonyl (C=O) groups excluding carboxylic acids is 2. The Hall–Kier alpha value is -2.76. The average Bonchev–Trinajstić information content (AvgIpc) is 3.19. The molecule has 2 heterocycles. The summed E-state index contributed by atoms with van der Waals surface area (Å²) in [5, 5.41) is 14.4. The fraction of sp³-hybridized carbons (Fsp3) is 0.556. The van der Waals surface area contributed by atoms with Gasteiger partial charge in [-0.15, -0.1) is 23.5 Å². The van der Waals surface area contributed by atoms with E-state index in [-0.39, 0.29) is 36.1 Å². The molecule has 0 spiro atoms. The lowest BCUT2D eigenvalue weighted by molar-refractivity contribution is -0.162. The van der Waals surface area contributed by atoms with Gasteiger partial charge in [0.2, 0.25) is 12.6 Å². The molecule has 2 aromatic rings. The molecule has 0 bridgehead atoms. The number of nitrogens with one attached hydrogen (secondary N) is 2. The van der Waals surface area contributed by atoms with Gasteiger partial charge in [0.1, 0.15) is 22.9 Å². The van der Waals surface area contributed by atoms with Crippen molar-refractivity contribution in [2.45, 2.75) is 73.7 Å². The Kier molecular flexibility index (Phi) is 19.2. The van der Waals surface area contributed by atoms with Crippen LogP contribution in [-0.4, -0.2) is 100 Å². The number of thioether (sulfide) groups is 2. The van der Waals surface area contributed by atoms with E-state index in [4.69, 9.17) is 28.6 Å². The van der Waals surface area contributed by atoms with Crippen LogP contribution in [0.4, 0.5) is 0 Å². The number of hydrogen-bond donors (Lipinski definition) is 2. The topological polar surface area (TPSA) is 138 Å². The Morgan fingerprint density at radius 2 is 1.15 bits per heavy atom. The summed E-state index contributed by atoms with van der Waals surface area (Å²) in [4.78, 5) is 39.8. The van der Waals surface area contributed by atoms with Crippen LogP contribution >= 0.6 is 45.1 Å². The largest absolute Gasteiger partial charge is 0.496 e. The molecule has 12 nitrogen and oxygen atoms in total. The normalized spacial score (nSPS) is 18.0. The molecule has 0 radical (unpaired) electrons. The van der Waals surface area contributed by atoms with Gasteiger partial charge in [-0.05, 0) is 73.6 Å². The molecule has 4 rings (SSSR count). The Balaban J connectivity index is 1.23. The van der Waals surface area contributed by atoms with Crippen LogP contribution in [0.25, 0.3) is 0 Å². The first-order chi connectivity index (χ1) is 25.4. The van der Waals surface area contributed by atoms with Crippen LogP contribution in [0.1, 0.15) is 49.7 Å². The molecule has 16 heteroatoms. The quantitative estimate of drug-likeness (QED) is 0.0479. The van der Waals surface area contributed by atoms with Gasteiger partial charge in [-0.25, -0.2) is 0 Å². The molecule has 2 amide bonds. The lowest BCUT2D eigenvalue weighted by Gasteiger charge is -2.20. The SMILES string of the molecule is COc1cc(C/C(=N/OC2CCCCO2)C(=O)NCCSSCCNC(=O)/C(Cc2ccc(SC)c(OC)c2)=N\OC2CCCCO2)ccc1SC. The van der Waals surface area contributed by atoms with Crippen molar-refractivity contribution in [2.75, 3.05) is 64.5 Å². The first kappa shape index (κ1) is 42.0. The summed E-state index contributed by atoms with van der Waals surface area (Å²) in [6.07, 6.45) is 9.09. The lowest BCUT2D eigenvalue weighted by atomic mass is 10.1. The molecule has 2 fully saturated rings. The molecule has 2 saturated heterocycles. The maximum absolute atomic E-state index is 13.2. The average molecular weight is 795 g/mol. The molecule has 2 unspecified atom stereocenters. The minimum absolute atomic E-state index is 0.267. The summed E-state index contributed by atoms with van der Waals surface area (Å²) in [6, 6.07) is 11.7. The number of hydrogen-bond acceptors (Lipinski definition) is 14. The summed E-state index contributed by atoms with van der Waals surface area (Å²) in [5.41, 5.74) is 2.31. The minimum atomic E-state index is -0.451. The highest BCUT2D eigenvalue weighted by molar-refractivity contribution is 8.76. The molecule has 2 atom stereocenters. The number of benzene rings is 2. The van der Waals surface area contributed by atoms with Crippen LogP contribution in [0.2, 0.25) is 0 Å². The summed E-state index contributed by atoms with van der Waals surface area (Å²) < 4.78 is 22.3. The molecule has 0 saturated carbocycles. The van der Waals surface area contributed by atoms with E-state index in [9.17, 15) is 9.59 Å². The van der Waals surface area contributed by atoms with Gasteiger partial charge in [-0.2, -0.15) is 0 Å². The van der Waals surface area contributed by atoms with Gasteiger partial charge >= 0.3 is 0 Å². The van der Waals surface area contributed by atoms with Gasteiger partial charge in [-0.1, -0.05) is 44.0 Å². The number of methoxy groups -OCH3 is 2. The second kappa shape index (κ2) is 23.8. The third-order valence-corrected chi connectivity index (χ3v) is 12.0. The van der Waals surface area contributed by atoms with Crippen LogP contribution in [0, 0.1) is 0 Å². The maximum Gasteiger partial charge on any atom is 0.269 e. The van der Waals surface area contributed by atoms with Crippen LogP contribution in [0.15, 0.2) is 56.5 Å². The van der Waals surface area contributed by atoms with Gasteiger partial charge < -0.3 is 39.3 Å². The number of nitrogens with zero attached hydrogens (tertiary/aromatic N) is 2. The number of amides is 2. The standard InChI is InChI=1S/C36H50N4O8S4/c1-43-29-23-25(11-13-31(29)49-3)21-27(39-47-33-9-5-7-17-45-33)35(41)37-15-19-51-52-20-16-38-36(42)28(40-48-34-10-6-8-18-46-34)22-26-12-14-32(50-4)30(24-26)44-2/h11-14,23-24,33-34H,5-10,15-22H2,1-4H3,(H,37,41)(H,38,42)/b39-27-,40-28-. The Bertz CT molecular complexity index is 1380. The molecule has 286 valence electrons. The van der Waals surface area contributed by atoms with Crippen LogP contribution < -0.4 is 20.1 Å². The fourth-order valence-corrected chi connectivity index (χ4v) is 8.15. The number of rotatable bonds is 21. The van der Waals surface area contributed by atoms with Crippen LogP contribution in [-0.2, 0) is 41.6 Å². The van der Waals surface area contributed by atoms with Crippen molar-refractivity contribution in [3.05, 3.63) is 47.5 Å². The lowest BCUT2D eigenvalue weighted by Crippen LogP contribution is -2.35. The molecular weight excluding hydrogens is 745 g/mol. The van der Waals surface area contributed by atoms with Gasteiger partial charge in [0, 0.05) is 60.1 Å². The summed E-state index contributed by atoms with van der Waals surface area (Å²) in [5.74, 6) is 2.23. The number of ether oxygens (including phenoxy) is 4. The zero-order chi connectivity index (χ0) is 37.0. The maximum atomic E-state index is 13.2. The third kappa shape index (κ3) is 14.2. The van der Waals surface area contributed by atoms with E-state index >= 15 is 0 Å². The highest BCUT2D eigenvalue weighted by Crippen LogP contribution is 2.30. The number of carbonyl (C=O) groups is 2. The van der Waals surface area contributed by atoms with E-state index in [1.165, 1.54) is 0 Å². The molecule has 2 aliphatic rings. The fourth-order valence-electron chi connectivity index (χ4n) is 5.24. The molecule has 52 heavy (non-hydrogen) atoms. The summed E-state index contributed by atoms with van der Waals surface area (Å²) in [7, 11) is 6.48. The summed E-state index contributed by atoms with van der Waals surface area (Å²) in [6.45, 7) is 2.11. The second-order valence-electron chi connectivity index (χ2n) is 11.8. The van der Waals surface area contributed by atoms with Crippen molar-refractivity contribution < 1.29 is 38.2 Å². The predicted molar refractivity (Wildman–Crippen MR) is 212 cm³/mol. The van der Waals surface area contributed by atoms with Crippen molar-refractivity contribution in [3.8, 4) is 11.5 Å². The Morgan fingerprint density at radius 3 is 1.52 bits per heavy atom. The van der Waals surface area contributed by atoms with E-state index in [1.807, 2.05) is 48.9 Å². The monoisotopic (exact) mass is 794 g/mol. The molecule has 0 aromatic heterocycles. The first-order valence-electron chi connectivity index (χ1n) is 17.3. The Labute approximate surface area is 323 Å². The Morgan fingerprint density at radius 1 is 0.712 bits per heavy atom. The highest BCUT2D eigenvalue weighted by atomic mass is 33.1. The van der Waals surface area contributed by atoms with Crippen molar-refractivity contribution in [3.63, 3.8) is 0 Å². The zero-order valence-electron chi connectivity index (χ0n) is 30.3. The van der Waals surface area contributed by atoms with E-state index in [0.29, 0.717) is 37.8 Å². The predicted octanol–water partition coefficient (Wildman–Crippen LogP) is 6.35. The zero-order valence-corrected chi connectivity index (χ0v) is 33.6. The van der Waals surface area contributed by atoms with Crippen molar-refractivity contribution in [2.24, 2.45) is 10.3 Å². The van der Waals surface area contributed by atoms with Gasteiger partial charge in [0.15, 0.2) is 0 Å². The van der Waals surface area contributed by atoms with Gasteiger partial charge in [0.05, 0.1) is 27.4 Å². The third-order valence-electron chi connectivity index (χ3n) is 8.03. The first-order valence-corrected chi connectivity index (χ1v) is 22.3. The molecule has 2 aliphatic heterocycles. The smallest absolute Gasteiger partial charge is 0.269 e. The molecule has 2 N–H and O–H groups in total. The van der Waals surface area contributed by atoms with Crippen LogP contribution in [0.3, 0.4) is 0 Å². The summed E-state index contributed by atoms with van der Waals surface area (Å²) >= 11 is 3.19. The second-order valence-corrected chi connectivity index (χ2v) is 16.2. The van der Waals surface area contributed by atoms with E-state index < -0.39 is 12.6 Å². The van der Waals surface area contributed by atoms with Crippen molar-refractivity contribution in [1.82, 2.24) is 10.6 Å².